The average molecular weight is 498 g/mol. The summed E-state index contributed by atoms with van der Waals surface area (Å²) in [5.74, 6) is -3.23. The fraction of sp³-hybridized carbons (Fsp3) is 0.333. The van der Waals surface area contributed by atoms with Gasteiger partial charge in [-0.2, -0.15) is 0 Å². The van der Waals surface area contributed by atoms with Gasteiger partial charge in [-0.05, 0) is 45.4 Å². The minimum absolute atomic E-state index is 0.0182. The molecular weight excluding hydrogens is 472 g/mol. The summed E-state index contributed by atoms with van der Waals surface area (Å²) in [6.45, 7) is 6.82. The molecule has 12 nitrogen and oxygen atoms in total. The van der Waals surface area contributed by atoms with Gasteiger partial charge in [0.05, 0.1) is 40.6 Å². The van der Waals surface area contributed by atoms with Crippen LogP contribution in [0.3, 0.4) is 0 Å². The number of methoxy groups -OCH3 is 1. The first-order valence-electron chi connectivity index (χ1n) is 11.0. The summed E-state index contributed by atoms with van der Waals surface area (Å²) in [7, 11) is 1.11. The number of dihydropyridines is 1. The lowest BCUT2D eigenvalue weighted by Crippen LogP contribution is -2.33. The molecule has 12 heteroatoms. The first-order chi connectivity index (χ1) is 17.0. The molecule has 36 heavy (non-hydrogen) atoms. The van der Waals surface area contributed by atoms with Crippen LogP contribution in [0.5, 0.6) is 0 Å². The number of esters is 2. The number of nitrogens with zero attached hydrogens (tertiary/aromatic N) is 2. The predicted octanol–water partition coefficient (Wildman–Crippen LogP) is 3.64. The fourth-order valence-electron chi connectivity index (χ4n) is 4.46. The van der Waals surface area contributed by atoms with Gasteiger partial charge in [0.25, 0.3) is 11.4 Å². The van der Waals surface area contributed by atoms with E-state index in [4.69, 9.17) is 9.47 Å². The summed E-state index contributed by atoms with van der Waals surface area (Å²) < 4.78 is 10.4. The number of rotatable bonds is 8. The lowest BCUT2D eigenvalue weighted by molar-refractivity contribution is -0.395. The number of nitrogens with one attached hydrogen (secondary N) is 2. The molecule has 1 unspecified atom stereocenters. The SMILES string of the molecule is COC(=O)C1=C(C)NC(C)=C(C(=O)OCCc2cc(C)[nH]c2C)C1c1c([N+](=O)[O-])cccc1[N+](=O)[O-]. The minimum Gasteiger partial charge on any atom is -0.466 e. The van der Waals surface area contributed by atoms with Crippen molar-refractivity contribution in [3.05, 3.63) is 89.5 Å². The van der Waals surface area contributed by atoms with E-state index in [-0.39, 0.29) is 29.1 Å². The number of carbonyl (C=O) groups excluding carboxylic acids is 2. The highest BCUT2D eigenvalue weighted by Crippen LogP contribution is 2.46. The molecule has 0 spiro atoms. The summed E-state index contributed by atoms with van der Waals surface area (Å²) in [5.41, 5.74) is 1.38. The molecule has 2 N–H and O–H groups in total. The highest BCUT2D eigenvalue weighted by Gasteiger charge is 2.44. The summed E-state index contributed by atoms with van der Waals surface area (Å²) in [5, 5.41) is 26.7. The topological polar surface area (TPSA) is 167 Å². The van der Waals surface area contributed by atoms with Crippen LogP contribution < -0.4 is 5.32 Å². The van der Waals surface area contributed by atoms with E-state index in [1.807, 2.05) is 19.9 Å². The number of nitro benzene ring substituents is 2. The number of ether oxygens (including phenoxy) is 2. The molecule has 1 aliphatic rings. The highest BCUT2D eigenvalue weighted by atomic mass is 16.6. The second-order valence-electron chi connectivity index (χ2n) is 8.34. The van der Waals surface area contributed by atoms with Crippen LogP contribution >= 0.6 is 0 Å². The molecule has 0 aliphatic carbocycles. The monoisotopic (exact) mass is 498 g/mol. The van der Waals surface area contributed by atoms with Gasteiger partial charge in [0.1, 0.15) is 5.56 Å². The number of hydrogen-bond donors (Lipinski definition) is 2. The van der Waals surface area contributed by atoms with Crippen molar-refractivity contribution in [2.75, 3.05) is 13.7 Å². The van der Waals surface area contributed by atoms with Crippen LogP contribution in [0.15, 0.2) is 46.8 Å². The zero-order valence-corrected chi connectivity index (χ0v) is 20.5. The summed E-state index contributed by atoms with van der Waals surface area (Å²) in [6, 6.07) is 5.27. The van der Waals surface area contributed by atoms with Crippen molar-refractivity contribution < 1.29 is 28.9 Å². The Balaban J connectivity index is 2.12. The largest absolute Gasteiger partial charge is 0.466 e. The van der Waals surface area contributed by atoms with Crippen LogP contribution in [0.25, 0.3) is 0 Å². The second-order valence-corrected chi connectivity index (χ2v) is 8.34. The van der Waals surface area contributed by atoms with E-state index in [1.165, 1.54) is 19.9 Å². The van der Waals surface area contributed by atoms with E-state index in [2.05, 4.69) is 10.3 Å². The second kappa shape index (κ2) is 10.4. The van der Waals surface area contributed by atoms with Crippen LogP contribution in [0.1, 0.15) is 42.3 Å². The van der Waals surface area contributed by atoms with Crippen LogP contribution in [0.4, 0.5) is 11.4 Å². The van der Waals surface area contributed by atoms with Crippen LogP contribution in [-0.2, 0) is 25.5 Å². The Morgan fingerprint density at radius 3 is 2.00 bits per heavy atom. The fourth-order valence-corrected chi connectivity index (χ4v) is 4.46. The number of aryl methyl sites for hydroxylation is 2. The van der Waals surface area contributed by atoms with Crippen molar-refractivity contribution in [2.45, 2.75) is 40.0 Å². The number of aromatic amines is 1. The summed E-state index contributed by atoms with van der Waals surface area (Å²) in [6.07, 6.45) is 0.399. The van der Waals surface area contributed by atoms with Crippen LogP contribution in [0, 0.1) is 34.1 Å². The molecule has 1 aromatic heterocycles. The molecule has 1 atom stereocenters. The highest BCUT2D eigenvalue weighted by molar-refractivity contribution is 6.00. The lowest BCUT2D eigenvalue weighted by Gasteiger charge is -2.29. The number of H-pyrrole nitrogens is 1. The first-order valence-corrected chi connectivity index (χ1v) is 11.0. The molecule has 0 fully saturated rings. The molecule has 0 radical (unpaired) electrons. The maximum Gasteiger partial charge on any atom is 0.336 e. The van der Waals surface area contributed by atoms with Gasteiger partial charge in [0.2, 0.25) is 0 Å². The van der Waals surface area contributed by atoms with Gasteiger partial charge < -0.3 is 19.8 Å². The van der Waals surface area contributed by atoms with Gasteiger partial charge in [-0.1, -0.05) is 0 Å². The number of nitro groups is 2. The normalized spacial score (nSPS) is 15.4. The zero-order valence-electron chi connectivity index (χ0n) is 20.5. The Morgan fingerprint density at radius 2 is 1.53 bits per heavy atom. The molecule has 0 saturated carbocycles. The van der Waals surface area contributed by atoms with E-state index >= 15 is 0 Å². The molecule has 0 bridgehead atoms. The standard InChI is InChI=1S/C24H26N4O8/c1-12-11-16(13(2)25-12)9-10-36-24(30)20-15(4)26-14(3)19(23(29)35-5)22(20)21-17(27(31)32)7-6-8-18(21)28(33)34/h6-8,11,22,25-26H,9-10H2,1-5H3. The molecule has 1 aromatic carbocycles. The van der Waals surface area contributed by atoms with Crippen LogP contribution in [0.2, 0.25) is 0 Å². The van der Waals surface area contributed by atoms with E-state index in [9.17, 15) is 29.8 Å². The van der Waals surface area contributed by atoms with E-state index in [1.54, 1.807) is 0 Å². The quantitative estimate of drug-likeness (QED) is 0.314. The van der Waals surface area contributed by atoms with Gasteiger partial charge in [0, 0.05) is 41.3 Å². The third-order valence-electron chi connectivity index (χ3n) is 5.99. The Hall–Kier alpha value is -4.48. The molecule has 2 aromatic rings. The number of aromatic nitrogens is 1. The summed E-state index contributed by atoms with van der Waals surface area (Å²) >= 11 is 0. The predicted molar refractivity (Wildman–Crippen MR) is 128 cm³/mol. The number of benzene rings is 1. The van der Waals surface area contributed by atoms with Crippen molar-refractivity contribution in [1.82, 2.24) is 10.3 Å². The third-order valence-corrected chi connectivity index (χ3v) is 5.99. The Kier molecular flexibility index (Phi) is 7.56. The molecule has 2 heterocycles. The van der Waals surface area contributed by atoms with Crippen molar-refractivity contribution in [3.63, 3.8) is 0 Å². The molecule has 0 saturated heterocycles. The maximum atomic E-state index is 13.4. The van der Waals surface area contributed by atoms with Gasteiger partial charge in [-0.3, -0.25) is 20.2 Å². The molecule has 3 rings (SSSR count). The Bertz CT molecular complexity index is 1290. The molecule has 1 aliphatic heterocycles. The van der Waals surface area contributed by atoms with Gasteiger partial charge in [0.15, 0.2) is 0 Å². The average Bonchev–Trinajstić information content (AvgIpc) is 3.13. The lowest BCUT2D eigenvalue weighted by atomic mass is 9.79. The van der Waals surface area contributed by atoms with Gasteiger partial charge in [-0.15, -0.1) is 0 Å². The van der Waals surface area contributed by atoms with Crippen molar-refractivity contribution in [2.24, 2.45) is 0 Å². The Morgan fingerprint density at radius 1 is 0.972 bits per heavy atom. The maximum absolute atomic E-state index is 13.4. The summed E-state index contributed by atoms with van der Waals surface area (Å²) in [4.78, 5) is 51.5. The van der Waals surface area contributed by atoms with E-state index in [0.717, 1.165) is 36.2 Å². The zero-order chi connectivity index (χ0) is 26.7. The number of carbonyl (C=O) groups is 2. The first kappa shape index (κ1) is 26.1. The van der Waals surface area contributed by atoms with Gasteiger partial charge in [-0.25, -0.2) is 9.59 Å². The number of hydrogen-bond acceptors (Lipinski definition) is 9. The van der Waals surface area contributed by atoms with Crippen molar-refractivity contribution in [1.29, 1.82) is 0 Å². The van der Waals surface area contributed by atoms with Gasteiger partial charge >= 0.3 is 11.9 Å². The molecular formula is C24H26N4O8. The van der Waals surface area contributed by atoms with Crippen molar-refractivity contribution in [3.8, 4) is 0 Å². The van der Waals surface area contributed by atoms with E-state index in [0.29, 0.717) is 6.42 Å². The smallest absolute Gasteiger partial charge is 0.336 e. The number of allylic oxidation sites excluding steroid dienone is 2. The molecule has 0 amide bonds. The third kappa shape index (κ3) is 4.97. The molecule has 190 valence electrons. The minimum atomic E-state index is -1.47. The van der Waals surface area contributed by atoms with Crippen molar-refractivity contribution >= 4 is 23.3 Å². The van der Waals surface area contributed by atoms with Crippen LogP contribution in [-0.4, -0.2) is 40.5 Å². The van der Waals surface area contributed by atoms with E-state index < -0.39 is 44.6 Å². The Labute approximate surface area is 206 Å².